The number of halogens is 2. The minimum absolute atomic E-state index is 0.289. The van der Waals surface area contributed by atoms with Crippen molar-refractivity contribution in [2.75, 3.05) is 6.54 Å². The predicted molar refractivity (Wildman–Crippen MR) is 94.2 cm³/mol. The number of amides is 3. The van der Waals surface area contributed by atoms with Crippen molar-refractivity contribution in [2.45, 2.75) is 26.3 Å². The smallest absolute Gasteiger partial charge is 0.319 e. The van der Waals surface area contributed by atoms with Gasteiger partial charge < -0.3 is 5.32 Å². The van der Waals surface area contributed by atoms with Crippen molar-refractivity contribution in [3.63, 3.8) is 0 Å². The number of nitrogens with one attached hydrogen (secondary N) is 1. The zero-order valence-electron chi connectivity index (χ0n) is 15.1. The first-order valence-electron chi connectivity index (χ1n) is 8.33. The van der Waals surface area contributed by atoms with E-state index in [1.807, 2.05) is 13.0 Å². The lowest BCUT2D eigenvalue weighted by Gasteiger charge is -2.22. The van der Waals surface area contributed by atoms with Gasteiger partial charge in [-0.05, 0) is 50.6 Å². The van der Waals surface area contributed by atoms with Crippen molar-refractivity contribution < 1.29 is 23.2 Å². The summed E-state index contributed by atoms with van der Waals surface area (Å²) in [6.45, 7) is 4.38. The molecular formula is C20H18F2N2O3. The highest BCUT2D eigenvalue weighted by atomic mass is 19.1. The molecule has 5 nitrogen and oxygen atoms in total. The van der Waals surface area contributed by atoms with Gasteiger partial charge in [0.05, 0.1) is 6.54 Å². The van der Waals surface area contributed by atoms with Gasteiger partial charge >= 0.3 is 6.03 Å². The third-order valence-electron chi connectivity index (χ3n) is 4.74. The predicted octanol–water partition coefficient (Wildman–Crippen LogP) is 3.23. The SMILES string of the molecule is Cc1ccc(C)c(C(=O)CN2C(=O)N[C@@](C)(c3cc(F)ccc3F)C2=O)c1. The van der Waals surface area contributed by atoms with Gasteiger partial charge in [-0.3, -0.25) is 14.5 Å². The van der Waals surface area contributed by atoms with Crippen molar-refractivity contribution in [1.29, 1.82) is 0 Å². The van der Waals surface area contributed by atoms with Gasteiger partial charge in [-0.15, -0.1) is 0 Å². The van der Waals surface area contributed by atoms with E-state index in [2.05, 4.69) is 5.32 Å². The highest BCUT2D eigenvalue weighted by Gasteiger charge is 2.50. The Kier molecular flexibility index (Phi) is 4.55. The van der Waals surface area contributed by atoms with Gasteiger partial charge in [0.1, 0.15) is 17.2 Å². The molecule has 3 rings (SSSR count). The van der Waals surface area contributed by atoms with E-state index < -0.39 is 41.4 Å². The van der Waals surface area contributed by atoms with Gasteiger partial charge in [-0.2, -0.15) is 0 Å². The fraction of sp³-hybridized carbons (Fsp3) is 0.250. The molecule has 7 heteroatoms. The summed E-state index contributed by atoms with van der Waals surface area (Å²) in [5, 5.41) is 2.38. The van der Waals surface area contributed by atoms with Crippen LogP contribution in [0.25, 0.3) is 0 Å². The maximum Gasteiger partial charge on any atom is 0.325 e. The molecule has 1 atom stereocenters. The number of Topliss-reactive ketones (excluding diaryl/α,β-unsaturated/α-hetero) is 1. The Balaban J connectivity index is 1.91. The topological polar surface area (TPSA) is 66.5 Å². The van der Waals surface area contributed by atoms with Crippen LogP contribution in [0.1, 0.15) is 34.0 Å². The summed E-state index contributed by atoms with van der Waals surface area (Å²) in [6.07, 6.45) is 0. The molecule has 0 aromatic heterocycles. The number of imide groups is 1. The lowest BCUT2D eigenvalue weighted by molar-refractivity contribution is -0.130. The molecule has 0 saturated carbocycles. The molecule has 3 amide bonds. The van der Waals surface area contributed by atoms with E-state index in [0.717, 1.165) is 34.2 Å². The third kappa shape index (κ3) is 3.20. The number of carbonyl (C=O) groups is 3. The first-order valence-corrected chi connectivity index (χ1v) is 8.33. The Morgan fingerprint density at radius 1 is 1.11 bits per heavy atom. The van der Waals surface area contributed by atoms with Crippen molar-refractivity contribution >= 4 is 17.7 Å². The van der Waals surface area contributed by atoms with Gasteiger partial charge in [-0.25, -0.2) is 13.6 Å². The molecule has 1 fully saturated rings. The van der Waals surface area contributed by atoms with Crippen molar-refractivity contribution in [3.05, 3.63) is 70.3 Å². The minimum Gasteiger partial charge on any atom is -0.319 e. The summed E-state index contributed by atoms with van der Waals surface area (Å²) in [6, 6.07) is 7.16. The molecule has 140 valence electrons. The van der Waals surface area contributed by atoms with Crippen LogP contribution in [0.4, 0.5) is 13.6 Å². The zero-order chi connectivity index (χ0) is 19.9. The van der Waals surface area contributed by atoms with Crippen LogP contribution in [0.2, 0.25) is 0 Å². The Hall–Kier alpha value is -3.09. The second-order valence-corrected chi connectivity index (χ2v) is 6.81. The quantitative estimate of drug-likeness (QED) is 0.662. The molecule has 0 spiro atoms. The molecule has 2 aromatic rings. The third-order valence-corrected chi connectivity index (χ3v) is 4.74. The van der Waals surface area contributed by atoms with Crippen molar-refractivity contribution in [3.8, 4) is 0 Å². The highest BCUT2D eigenvalue weighted by Crippen LogP contribution is 2.31. The first kappa shape index (κ1) is 18.7. The van der Waals surface area contributed by atoms with E-state index in [4.69, 9.17) is 0 Å². The monoisotopic (exact) mass is 372 g/mol. The number of rotatable bonds is 4. The number of hydrogen-bond donors (Lipinski definition) is 1. The van der Waals surface area contributed by atoms with E-state index >= 15 is 0 Å². The Bertz CT molecular complexity index is 974. The molecule has 0 unspecified atom stereocenters. The van der Waals surface area contributed by atoms with Crippen LogP contribution in [0.15, 0.2) is 36.4 Å². The van der Waals surface area contributed by atoms with Gasteiger partial charge in [0, 0.05) is 11.1 Å². The minimum atomic E-state index is -1.79. The van der Waals surface area contributed by atoms with Crippen molar-refractivity contribution in [2.24, 2.45) is 0 Å². The zero-order valence-corrected chi connectivity index (χ0v) is 15.1. The normalized spacial score (nSPS) is 19.4. The molecule has 0 radical (unpaired) electrons. The Morgan fingerprint density at radius 3 is 2.52 bits per heavy atom. The molecule has 1 heterocycles. The lowest BCUT2D eigenvalue weighted by Crippen LogP contribution is -2.42. The van der Waals surface area contributed by atoms with Crippen LogP contribution in [-0.4, -0.2) is 29.2 Å². The molecule has 2 aromatic carbocycles. The van der Waals surface area contributed by atoms with Crippen LogP contribution in [-0.2, 0) is 10.3 Å². The fourth-order valence-electron chi connectivity index (χ4n) is 3.17. The van der Waals surface area contributed by atoms with Crippen LogP contribution in [0.5, 0.6) is 0 Å². The molecule has 1 N–H and O–H groups in total. The average molecular weight is 372 g/mol. The van der Waals surface area contributed by atoms with Gasteiger partial charge in [0.15, 0.2) is 5.78 Å². The number of nitrogens with zero attached hydrogens (tertiary/aromatic N) is 1. The molecule has 0 aliphatic carbocycles. The van der Waals surface area contributed by atoms with Gasteiger partial charge in [0.25, 0.3) is 5.91 Å². The second-order valence-electron chi connectivity index (χ2n) is 6.81. The summed E-state index contributed by atoms with van der Waals surface area (Å²) >= 11 is 0. The fourth-order valence-corrected chi connectivity index (χ4v) is 3.17. The number of carbonyl (C=O) groups excluding carboxylic acids is 3. The molecule has 1 aliphatic rings. The number of benzene rings is 2. The molecule has 1 saturated heterocycles. The second kappa shape index (κ2) is 6.57. The summed E-state index contributed by atoms with van der Waals surface area (Å²) in [4.78, 5) is 38.5. The summed E-state index contributed by atoms with van der Waals surface area (Å²) < 4.78 is 27.7. The maximum absolute atomic E-state index is 14.2. The van der Waals surface area contributed by atoms with E-state index in [9.17, 15) is 23.2 Å². The standard InChI is InChI=1S/C20H18F2N2O3/c1-11-4-5-12(2)14(8-11)17(25)10-24-18(26)20(3,23-19(24)27)15-9-13(21)6-7-16(15)22/h4-9H,10H2,1-3H3,(H,23,27)/t20-/m0/s1. The van der Waals surface area contributed by atoms with Crippen LogP contribution in [0, 0.1) is 25.5 Å². The summed E-state index contributed by atoms with van der Waals surface area (Å²) in [7, 11) is 0. The van der Waals surface area contributed by atoms with Crippen molar-refractivity contribution in [1.82, 2.24) is 10.2 Å². The molecule has 1 aliphatic heterocycles. The van der Waals surface area contributed by atoms with E-state index in [1.54, 1.807) is 19.1 Å². The largest absolute Gasteiger partial charge is 0.325 e. The highest BCUT2D eigenvalue weighted by molar-refractivity contribution is 6.11. The summed E-state index contributed by atoms with van der Waals surface area (Å²) in [5.74, 6) is -2.78. The number of hydrogen-bond acceptors (Lipinski definition) is 3. The van der Waals surface area contributed by atoms with Gasteiger partial charge in [-0.1, -0.05) is 17.7 Å². The van der Waals surface area contributed by atoms with E-state index in [1.165, 1.54) is 6.92 Å². The van der Waals surface area contributed by atoms with Crippen LogP contribution in [0.3, 0.4) is 0 Å². The molecule has 27 heavy (non-hydrogen) atoms. The number of ketones is 1. The van der Waals surface area contributed by atoms with Crippen LogP contribution >= 0.6 is 0 Å². The maximum atomic E-state index is 14.2. The molecule has 0 bridgehead atoms. The number of urea groups is 1. The first-order chi connectivity index (χ1) is 12.6. The average Bonchev–Trinajstić information content (AvgIpc) is 2.83. The summed E-state index contributed by atoms with van der Waals surface area (Å²) in [5.41, 5.74) is -0.0846. The van der Waals surface area contributed by atoms with Gasteiger partial charge in [0.2, 0.25) is 0 Å². The number of aryl methyl sites for hydroxylation is 2. The lowest BCUT2D eigenvalue weighted by atomic mass is 9.91. The van der Waals surface area contributed by atoms with Crippen LogP contribution < -0.4 is 5.32 Å². The Labute approximate surface area is 155 Å². The molecular weight excluding hydrogens is 354 g/mol. The Morgan fingerprint density at radius 2 is 1.81 bits per heavy atom. The van der Waals surface area contributed by atoms with E-state index in [0.29, 0.717) is 5.56 Å². The van der Waals surface area contributed by atoms with E-state index in [-0.39, 0.29) is 5.56 Å².